The van der Waals surface area contributed by atoms with Crippen molar-refractivity contribution >= 4 is 10.0 Å². The summed E-state index contributed by atoms with van der Waals surface area (Å²) in [6.45, 7) is 2.06. The van der Waals surface area contributed by atoms with Crippen molar-refractivity contribution in [2.75, 3.05) is 19.6 Å². The summed E-state index contributed by atoms with van der Waals surface area (Å²) in [5, 5.41) is 0.165. The molecule has 0 spiro atoms. The van der Waals surface area contributed by atoms with E-state index in [0.717, 1.165) is 18.7 Å². The monoisotopic (exact) mass is 332 g/mol. The largest absolute Gasteiger partial charge is 0.335 e. The second-order valence-corrected chi connectivity index (χ2v) is 8.04. The van der Waals surface area contributed by atoms with Crippen LogP contribution in [-0.2, 0) is 10.0 Å². The summed E-state index contributed by atoms with van der Waals surface area (Å²) in [4.78, 5) is 9.03. The summed E-state index contributed by atoms with van der Waals surface area (Å²) in [7, 11) is -3.56. The van der Waals surface area contributed by atoms with Crippen molar-refractivity contribution in [3.63, 3.8) is 0 Å². The number of H-pyrrole nitrogens is 1. The first-order valence-electron chi connectivity index (χ1n) is 7.95. The molecule has 6 nitrogen and oxygen atoms in total. The molecule has 4 rings (SSSR count). The van der Waals surface area contributed by atoms with Crippen molar-refractivity contribution in [1.29, 1.82) is 0 Å². The van der Waals surface area contributed by atoms with Gasteiger partial charge in [-0.3, -0.25) is 4.90 Å². The van der Waals surface area contributed by atoms with E-state index in [1.54, 1.807) is 4.31 Å². The van der Waals surface area contributed by atoms with Gasteiger partial charge in [-0.15, -0.1) is 0 Å². The second-order valence-electron chi connectivity index (χ2n) is 6.18. The number of benzene rings is 1. The maximum atomic E-state index is 13.0. The Kier molecular flexibility index (Phi) is 3.71. The maximum Gasteiger partial charge on any atom is 0.260 e. The number of imidazole rings is 1. The normalized spacial score (nSPS) is 23.9. The third kappa shape index (κ3) is 2.80. The Morgan fingerprint density at radius 1 is 1.13 bits per heavy atom. The lowest BCUT2D eigenvalue weighted by Gasteiger charge is -2.40. The maximum absolute atomic E-state index is 13.0. The minimum atomic E-state index is -3.56. The Hall–Kier alpha value is -1.70. The van der Waals surface area contributed by atoms with Crippen LogP contribution in [-0.4, -0.2) is 53.3 Å². The lowest BCUT2D eigenvalue weighted by Crippen LogP contribution is -2.51. The van der Waals surface area contributed by atoms with Gasteiger partial charge in [-0.2, -0.15) is 4.31 Å². The van der Waals surface area contributed by atoms with Gasteiger partial charge in [0.15, 0.2) is 5.03 Å². The van der Waals surface area contributed by atoms with Crippen molar-refractivity contribution in [3.05, 3.63) is 48.4 Å². The van der Waals surface area contributed by atoms with Crippen molar-refractivity contribution in [1.82, 2.24) is 19.2 Å². The average molecular weight is 332 g/mol. The zero-order valence-corrected chi connectivity index (χ0v) is 13.6. The van der Waals surface area contributed by atoms with Gasteiger partial charge in [0.05, 0.1) is 18.6 Å². The highest BCUT2D eigenvalue weighted by Gasteiger charge is 2.41. The zero-order valence-electron chi connectivity index (χ0n) is 12.8. The van der Waals surface area contributed by atoms with E-state index in [2.05, 4.69) is 14.9 Å². The van der Waals surface area contributed by atoms with Crippen LogP contribution in [0.5, 0.6) is 0 Å². The van der Waals surface area contributed by atoms with E-state index in [0.29, 0.717) is 12.6 Å². The zero-order chi connectivity index (χ0) is 15.9. The number of rotatable bonds is 4. The molecule has 1 atom stereocenters. The van der Waals surface area contributed by atoms with Crippen LogP contribution in [0.2, 0.25) is 0 Å². The summed E-state index contributed by atoms with van der Waals surface area (Å²) >= 11 is 0. The van der Waals surface area contributed by atoms with Crippen molar-refractivity contribution in [2.24, 2.45) is 0 Å². The van der Waals surface area contributed by atoms with Gasteiger partial charge in [0, 0.05) is 25.7 Å². The molecule has 1 aromatic carbocycles. The molecule has 1 aromatic heterocycles. The third-order valence-corrected chi connectivity index (χ3v) is 6.50. The van der Waals surface area contributed by atoms with Crippen molar-refractivity contribution < 1.29 is 8.42 Å². The Labute approximate surface area is 136 Å². The SMILES string of the molecule is O=S(=O)(c1cnc[nH]1)N1CCN(C2CC2)CC1c1ccccc1. The molecule has 23 heavy (non-hydrogen) atoms. The van der Waals surface area contributed by atoms with Gasteiger partial charge in [0.1, 0.15) is 0 Å². The Bertz CT molecular complexity index is 757. The van der Waals surface area contributed by atoms with Gasteiger partial charge in [0.2, 0.25) is 0 Å². The summed E-state index contributed by atoms with van der Waals surface area (Å²) < 4.78 is 27.5. The molecule has 1 saturated heterocycles. The summed E-state index contributed by atoms with van der Waals surface area (Å²) in [5.41, 5.74) is 1.04. The fourth-order valence-electron chi connectivity index (χ4n) is 3.30. The molecule has 1 saturated carbocycles. The van der Waals surface area contributed by atoms with Crippen LogP contribution in [0.25, 0.3) is 0 Å². The smallest absolute Gasteiger partial charge is 0.260 e. The molecule has 1 unspecified atom stereocenters. The van der Waals surface area contributed by atoms with Crippen LogP contribution in [0.15, 0.2) is 47.9 Å². The molecule has 122 valence electrons. The number of nitrogens with zero attached hydrogens (tertiary/aromatic N) is 3. The number of hydrogen-bond donors (Lipinski definition) is 1. The van der Waals surface area contributed by atoms with E-state index in [1.165, 1.54) is 25.4 Å². The van der Waals surface area contributed by atoms with Gasteiger partial charge in [0.25, 0.3) is 10.0 Å². The lowest BCUT2D eigenvalue weighted by atomic mass is 10.0. The Morgan fingerprint density at radius 3 is 2.57 bits per heavy atom. The first-order chi connectivity index (χ1) is 11.2. The van der Waals surface area contributed by atoms with Gasteiger partial charge >= 0.3 is 0 Å². The highest BCUT2D eigenvalue weighted by molar-refractivity contribution is 7.89. The molecular formula is C16H20N4O2S. The topological polar surface area (TPSA) is 69.3 Å². The number of nitrogens with one attached hydrogen (secondary N) is 1. The predicted molar refractivity (Wildman–Crippen MR) is 86.3 cm³/mol. The van der Waals surface area contributed by atoms with Gasteiger partial charge in [-0.1, -0.05) is 30.3 Å². The first kappa shape index (κ1) is 14.9. The minimum absolute atomic E-state index is 0.154. The first-order valence-corrected chi connectivity index (χ1v) is 9.39. The quantitative estimate of drug-likeness (QED) is 0.924. The fourth-order valence-corrected chi connectivity index (χ4v) is 4.80. The molecule has 2 heterocycles. The number of piperazine rings is 1. The molecule has 0 radical (unpaired) electrons. The van der Waals surface area contributed by atoms with Crippen LogP contribution in [0.3, 0.4) is 0 Å². The molecule has 1 N–H and O–H groups in total. The Balaban J connectivity index is 1.69. The summed E-state index contributed by atoms with van der Waals surface area (Å²) in [6.07, 6.45) is 5.25. The van der Waals surface area contributed by atoms with Crippen LogP contribution in [0, 0.1) is 0 Å². The molecule has 1 aliphatic carbocycles. The number of hydrogen-bond acceptors (Lipinski definition) is 4. The average Bonchev–Trinajstić information content (AvgIpc) is 3.28. The minimum Gasteiger partial charge on any atom is -0.335 e. The fraction of sp³-hybridized carbons (Fsp3) is 0.438. The van der Waals surface area contributed by atoms with E-state index >= 15 is 0 Å². The standard InChI is InChI=1S/C16H20N4O2S/c21-23(22,16-10-17-12-18-16)20-9-8-19(14-6-7-14)11-15(20)13-4-2-1-3-5-13/h1-5,10,12,14-15H,6-9,11H2,(H,17,18). The van der Waals surface area contributed by atoms with Crippen LogP contribution >= 0.6 is 0 Å². The van der Waals surface area contributed by atoms with Gasteiger partial charge < -0.3 is 4.98 Å². The van der Waals surface area contributed by atoms with E-state index in [9.17, 15) is 8.42 Å². The number of aromatic amines is 1. The highest BCUT2D eigenvalue weighted by Crippen LogP contribution is 2.35. The van der Waals surface area contributed by atoms with Crippen molar-refractivity contribution in [2.45, 2.75) is 30.0 Å². The van der Waals surface area contributed by atoms with Crippen LogP contribution in [0.4, 0.5) is 0 Å². The molecule has 2 aliphatic rings. The van der Waals surface area contributed by atoms with E-state index in [4.69, 9.17) is 0 Å². The Morgan fingerprint density at radius 2 is 1.91 bits per heavy atom. The van der Waals surface area contributed by atoms with Crippen LogP contribution in [0.1, 0.15) is 24.4 Å². The predicted octanol–water partition coefficient (Wildman–Crippen LogP) is 1.62. The van der Waals surface area contributed by atoms with E-state index in [-0.39, 0.29) is 11.1 Å². The third-order valence-electron chi connectivity index (χ3n) is 4.67. The van der Waals surface area contributed by atoms with Crippen molar-refractivity contribution in [3.8, 4) is 0 Å². The lowest BCUT2D eigenvalue weighted by molar-refractivity contribution is 0.128. The molecule has 1 aliphatic heterocycles. The molecule has 0 amide bonds. The molecule has 2 aromatic rings. The highest BCUT2D eigenvalue weighted by atomic mass is 32.2. The van der Waals surface area contributed by atoms with Gasteiger partial charge in [-0.05, 0) is 18.4 Å². The summed E-state index contributed by atoms with van der Waals surface area (Å²) in [5.74, 6) is 0. The number of sulfonamides is 1. The molecule has 2 fully saturated rings. The van der Waals surface area contributed by atoms with Gasteiger partial charge in [-0.25, -0.2) is 13.4 Å². The number of aromatic nitrogens is 2. The van der Waals surface area contributed by atoms with Crippen LogP contribution < -0.4 is 0 Å². The second kappa shape index (κ2) is 5.74. The molecule has 0 bridgehead atoms. The van der Waals surface area contributed by atoms with E-state index < -0.39 is 10.0 Å². The van der Waals surface area contributed by atoms with E-state index in [1.807, 2.05) is 30.3 Å². The molecular weight excluding hydrogens is 312 g/mol. The summed E-state index contributed by atoms with van der Waals surface area (Å²) in [6, 6.07) is 10.4. The molecule has 7 heteroatoms.